The molecule has 1 aliphatic heterocycles. The molecule has 4 heteroatoms. The van der Waals surface area contributed by atoms with E-state index in [1.165, 1.54) is 0 Å². The first kappa shape index (κ1) is 10.5. The van der Waals surface area contributed by atoms with Crippen molar-refractivity contribution in [2.75, 3.05) is 13.7 Å². The summed E-state index contributed by atoms with van der Waals surface area (Å²) >= 11 is 0. The third-order valence-electron chi connectivity index (χ3n) is 2.42. The number of ether oxygens (including phenoxy) is 1. The molecule has 3 atom stereocenters. The number of carbonyl (C=O) groups excluding carboxylic acids is 1. The van der Waals surface area contributed by atoms with Gasteiger partial charge < -0.3 is 9.64 Å². The number of hydrogen-bond donors (Lipinski definition) is 1. The zero-order valence-electron chi connectivity index (χ0n) is 8.70. The fraction of sp³-hybridized carbons (Fsp3) is 0.889. The Kier molecular flexibility index (Phi) is 3.27. The molecular formula is C9H18N2O2. The van der Waals surface area contributed by atoms with Gasteiger partial charge in [-0.2, -0.15) is 0 Å². The summed E-state index contributed by atoms with van der Waals surface area (Å²) in [6.45, 7) is 6.47. The van der Waals surface area contributed by atoms with Gasteiger partial charge in [0.2, 0.25) is 5.91 Å². The molecule has 1 N–H and O–H groups in total. The molecule has 0 aromatic carbocycles. The summed E-state index contributed by atoms with van der Waals surface area (Å²) in [7, 11) is 1.65. The summed E-state index contributed by atoms with van der Waals surface area (Å²) in [4.78, 5) is 13.5. The topological polar surface area (TPSA) is 41.6 Å². The van der Waals surface area contributed by atoms with Gasteiger partial charge in [-0.05, 0) is 20.8 Å². The largest absolute Gasteiger partial charge is 0.383 e. The lowest BCUT2D eigenvalue weighted by Crippen LogP contribution is -2.43. The van der Waals surface area contributed by atoms with E-state index in [4.69, 9.17) is 4.74 Å². The van der Waals surface area contributed by atoms with Crippen molar-refractivity contribution >= 4 is 5.91 Å². The van der Waals surface area contributed by atoms with Crippen LogP contribution in [0.2, 0.25) is 0 Å². The average molecular weight is 186 g/mol. The highest BCUT2D eigenvalue weighted by molar-refractivity contribution is 5.84. The lowest BCUT2D eigenvalue weighted by atomic mass is 10.2. The molecule has 76 valence electrons. The summed E-state index contributed by atoms with van der Waals surface area (Å²) in [5, 5.41) is 3.18. The van der Waals surface area contributed by atoms with Gasteiger partial charge >= 0.3 is 0 Å². The highest BCUT2D eigenvalue weighted by Gasteiger charge is 2.36. The van der Waals surface area contributed by atoms with E-state index >= 15 is 0 Å². The first-order chi connectivity index (χ1) is 6.07. The molecule has 0 aromatic heterocycles. The van der Waals surface area contributed by atoms with Crippen molar-refractivity contribution < 1.29 is 9.53 Å². The second kappa shape index (κ2) is 4.07. The number of nitrogens with zero attached hydrogens (tertiary/aromatic N) is 1. The van der Waals surface area contributed by atoms with Gasteiger partial charge in [-0.3, -0.25) is 10.1 Å². The van der Waals surface area contributed by atoms with Gasteiger partial charge in [-0.1, -0.05) is 0 Å². The van der Waals surface area contributed by atoms with Crippen molar-refractivity contribution in [3.8, 4) is 0 Å². The maximum absolute atomic E-state index is 11.6. The van der Waals surface area contributed by atoms with E-state index in [-0.39, 0.29) is 24.2 Å². The number of nitrogens with one attached hydrogen (secondary N) is 1. The lowest BCUT2D eigenvalue weighted by Gasteiger charge is -2.27. The smallest absolute Gasteiger partial charge is 0.241 e. The predicted molar refractivity (Wildman–Crippen MR) is 50.2 cm³/mol. The van der Waals surface area contributed by atoms with Crippen LogP contribution in [0.25, 0.3) is 0 Å². The molecule has 13 heavy (non-hydrogen) atoms. The first-order valence-electron chi connectivity index (χ1n) is 4.65. The monoisotopic (exact) mass is 186 g/mol. The Bertz CT molecular complexity index is 196. The van der Waals surface area contributed by atoms with Crippen molar-refractivity contribution in [2.45, 2.75) is 39.0 Å². The molecule has 0 aliphatic carbocycles. The lowest BCUT2D eigenvalue weighted by molar-refractivity contribution is -0.132. The van der Waals surface area contributed by atoms with Crippen LogP contribution in [0, 0.1) is 0 Å². The Morgan fingerprint density at radius 1 is 1.62 bits per heavy atom. The Morgan fingerprint density at radius 2 is 2.23 bits per heavy atom. The maximum atomic E-state index is 11.6. The summed E-state index contributed by atoms with van der Waals surface area (Å²) in [6.07, 6.45) is 0.118. The van der Waals surface area contributed by atoms with Crippen LogP contribution in [0.5, 0.6) is 0 Å². The molecule has 0 bridgehead atoms. The van der Waals surface area contributed by atoms with Gasteiger partial charge in [0.25, 0.3) is 0 Å². The molecule has 4 nitrogen and oxygen atoms in total. The quantitative estimate of drug-likeness (QED) is 0.684. The summed E-state index contributed by atoms with van der Waals surface area (Å²) < 4.78 is 5.03. The fourth-order valence-electron chi connectivity index (χ4n) is 1.85. The van der Waals surface area contributed by atoms with Crippen LogP contribution < -0.4 is 5.32 Å². The number of hydrogen-bond acceptors (Lipinski definition) is 3. The van der Waals surface area contributed by atoms with Crippen LogP contribution >= 0.6 is 0 Å². The summed E-state index contributed by atoms with van der Waals surface area (Å²) in [5.74, 6) is 0.164. The fourth-order valence-corrected chi connectivity index (χ4v) is 1.85. The van der Waals surface area contributed by atoms with Crippen LogP contribution in [0.1, 0.15) is 20.8 Å². The Hall–Kier alpha value is -0.610. The van der Waals surface area contributed by atoms with Gasteiger partial charge in [0.1, 0.15) is 0 Å². The standard InChI is InChI=1S/C9H18N2O2/c1-6(5-13-4)11-8(3)10-7(2)9(11)12/h6-8,10H,5H2,1-4H3. The van der Waals surface area contributed by atoms with Crippen LogP contribution in [0.15, 0.2) is 0 Å². The molecule has 1 saturated heterocycles. The zero-order chi connectivity index (χ0) is 10.0. The molecular weight excluding hydrogens is 168 g/mol. The second-order valence-corrected chi connectivity index (χ2v) is 3.61. The molecule has 0 radical (unpaired) electrons. The van der Waals surface area contributed by atoms with Gasteiger partial charge in [-0.15, -0.1) is 0 Å². The highest BCUT2D eigenvalue weighted by Crippen LogP contribution is 2.13. The molecule has 1 aliphatic rings. The van der Waals surface area contributed by atoms with Crippen LogP contribution in [-0.4, -0.2) is 42.8 Å². The molecule has 1 amide bonds. The molecule has 1 heterocycles. The maximum Gasteiger partial charge on any atom is 0.241 e. The van der Waals surface area contributed by atoms with Crippen molar-refractivity contribution in [1.29, 1.82) is 0 Å². The van der Waals surface area contributed by atoms with E-state index in [1.807, 2.05) is 25.7 Å². The SMILES string of the molecule is COCC(C)N1C(=O)C(C)NC1C. The van der Waals surface area contributed by atoms with Crippen molar-refractivity contribution in [2.24, 2.45) is 0 Å². The molecule has 3 unspecified atom stereocenters. The van der Waals surface area contributed by atoms with E-state index in [1.54, 1.807) is 7.11 Å². The van der Waals surface area contributed by atoms with E-state index in [0.29, 0.717) is 6.61 Å². The molecule has 0 saturated carbocycles. The minimum absolute atomic E-state index is 0.0608. The van der Waals surface area contributed by atoms with Gasteiger partial charge in [0, 0.05) is 7.11 Å². The summed E-state index contributed by atoms with van der Waals surface area (Å²) in [5.41, 5.74) is 0. The van der Waals surface area contributed by atoms with Crippen LogP contribution in [0.3, 0.4) is 0 Å². The van der Waals surface area contributed by atoms with E-state index in [9.17, 15) is 4.79 Å². The normalized spacial score (nSPS) is 31.1. The minimum atomic E-state index is -0.0608. The average Bonchev–Trinajstić information content (AvgIpc) is 2.27. The number of carbonyl (C=O) groups is 1. The second-order valence-electron chi connectivity index (χ2n) is 3.61. The van der Waals surface area contributed by atoms with Gasteiger partial charge in [-0.25, -0.2) is 0 Å². The number of rotatable bonds is 3. The van der Waals surface area contributed by atoms with E-state index < -0.39 is 0 Å². The molecule has 1 fully saturated rings. The Morgan fingerprint density at radius 3 is 2.62 bits per heavy atom. The Balaban J connectivity index is 2.62. The van der Waals surface area contributed by atoms with Crippen molar-refractivity contribution in [3.05, 3.63) is 0 Å². The molecule has 0 aromatic rings. The third kappa shape index (κ3) is 2.00. The Labute approximate surface area is 79.2 Å². The van der Waals surface area contributed by atoms with Crippen LogP contribution in [-0.2, 0) is 9.53 Å². The highest BCUT2D eigenvalue weighted by atomic mass is 16.5. The van der Waals surface area contributed by atoms with Gasteiger partial charge in [0.15, 0.2) is 0 Å². The minimum Gasteiger partial charge on any atom is -0.383 e. The third-order valence-corrected chi connectivity index (χ3v) is 2.42. The molecule has 0 spiro atoms. The molecule has 1 rings (SSSR count). The summed E-state index contributed by atoms with van der Waals surface area (Å²) in [6, 6.07) is 0.0826. The van der Waals surface area contributed by atoms with Crippen molar-refractivity contribution in [1.82, 2.24) is 10.2 Å². The van der Waals surface area contributed by atoms with Crippen LogP contribution in [0.4, 0.5) is 0 Å². The van der Waals surface area contributed by atoms with Gasteiger partial charge in [0.05, 0.1) is 24.9 Å². The van der Waals surface area contributed by atoms with E-state index in [2.05, 4.69) is 5.32 Å². The number of methoxy groups -OCH3 is 1. The zero-order valence-corrected chi connectivity index (χ0v) is 8.70. The predicted octanol–water partition coefficient (Wildman–Crippen LogP) is 0.188. The first-order valence-corrected chi connectivity index (χ1v) is 4.65. The van der Waals surface area contributed by atoms with Crippen molar-refractivity contribution in [3.63, 3.8) is 0 Å². The number of amides is 1. The van der Waals surface area contributed by atoms with E-state index in [0.717, 1.165) is 0 Å².